The van der Waals surface area contributed by atoms with Gasteiger partial charge in [0.25, 0.3) is 0 Å². The minimum Gasteiger partial charge on any atom is -0.346 e. The van der Waals surface area contributed by atoms with Crippen LogP contribution in [0.15, 0.2) is 12.5 Å². The largest absolute Gasteiger partial charge is 0.346 e. The molecule has 0 aromatic carbocycles. The zero-order chi connectivity index (χ0) is 11.1. The van der Waals surface area contributed by atoms with E-state index < -0.39 is 0 Å². The van der Waals surface area contributed by atoms with Crippen LogP contribution in [0.25, 0.3) is 0 Å². The average molecular weight is 207 g/mol. The molecule has 1 aromatic heterocycles. The second-order valence-corrected chi connectivity index (χ2v) is 3.68. The summed E-state index contributed by atoms with van der Waals surface area (Å²) < 4.78 is 0. The predicted octanol–water partition coefficient (Wildman–Crippen LogP) is 0.516. The molecule has 1 unspecified atom stereocenters. The number of rotatable bonds is 6. The van der Waals surface area contributed by atoms with Crippen LogP contribution in [-0.2, 0) is 0 Å². The number of hydrogen-bond acceptors (Lipinski definition) is 4. The van der Waals surface area contributed by atoms with E-state index in [4.69, 9.17) is 5.26 Å². The smallest absolute Gasteiger partial charge is 0.137 e. The molecule has 5 nitrogen and oxygen atoms in total. The fraction of sp³-hybridized carbons (Fsp3) is 0.600. The number of aromatic nitrogens is 2. The Bertz CT molecular complexity index is 298. The fourth-order valence-electron chi connectivity index (χ4n) is 1.29. The molecule has 0 radical (unpaired) electrons. The minimum atomic E-state index is -0.283. The van der Waals surface area contributed by atoms with Crippen LogP contribution >= 0.6 is 0 Å². The van der Waals surface area contributed by atoms with Crippen molar-refractivity contribution in [3.05, 3.63) is 18.2 Å². The first-order valence-electron chi connectivity index (χ1n) is 5.00. The molecule has 1 rings (SSSR count). The van der Waals surface area contributed by atoms with Crippen LogP contribution in [-0.4, -0.2) is 42.1 Å². The Kier molecular flexibility index (Phi) is 4.81. The van der Waals surface area contributed by atoms with Gasteiger partial charge in [-0.3, -0.25) is 5.32 Å². The van der Waals surface area contributed by atoms with E-state index in [1.807, 2.05) is 14.1 Å². The Hall–Kier alpha value is -1.38. The SMILES string of the molecule is CN(C)CCCNC(C#N)c1cnc[nH]1. The summed E-state index contributed by atoms with van der Waals surface area (Å²) >= 11 is 0. The molecular weight excluding hydrogens is 190 g/mol. The lowest BCUT2D eigenvalue weighted by atomic mass is 10.2. The third-order valence-electron chi connectivity index (χ3n) is 2.09. The molecular formula is C10H17N5. The number of H-pyrrole nitrogens is 1. The normalized spacial score (nSPS) is 12.7. The number of hydrogen-bond donors (Lipinski definition) is 2. The Morgan fingerprint density at radius 2 is 2.47 bits per heavy atom. The molecule has 0 bridgehead atoms. The predicted molar refractivity (Wildman–Crippen MR) is 58.1 cm³/mol. The maximum absolute atomic E-state index is 8.94. The molecule has 1 atom stereocenters. The Morgan fingerprint density at radius 1 is 1.67 bits per heavy atom. The van der Waals surface area contributed by atoms with Crippen molar-refractivity contribution >= 4 is 0 Å². The van der Waals surface area contributed by atoms with Crippen LogP contribution in [0.2, 0.25) is 0 Å². The first-order valence-corrected chi connectivity index (χ1v) is 5.00. The lowest BCUT2D eigenvalue weighted by Crippen LogP contribution is -2.24. The number of nitriles is 1. The maximum Gasteiger partial charge on any atom is 0.137 e. The van der Waals surface area contributed by atoms with Gasteiger partial charge < -0.3 is 9.88 Å². The van der Waals surface area contributed by atoms with Crippen molar-refractivity contribution in [3.8, 4) is 6.07 Å². The van der Waals surface area contributed by atoms with Gasteiger partial charge in [-0.2, -0.15) is 5.26 Å². The second-order valence-electron chi connectivity index (χ2n) is 3.68. The third kappa shape index (κ3) is 4.11. The zero-order valence-corrected chi connectivity index (χ0v) is 9.20. The van der Waals surface area contributed by atoms with Crippen LogP contribution < -0.4 is 5.32 Å². The summed E-state index contributed by atoms with van der Waals surface area (Å²) in [5.74, 6) is 0. The topological polar surface area (TPSA) is 67.7 Å². The van der Waals surface area contributed by atoms with Crippen molar-refractivity contribution in [2.45, 2.75) is 12.5 Å². The van der Waals surface area contributed by atoms with Gasteiger partial charge >= 0.3 is 0 Å². The first-order chi connectivity index (χ1) is 7.24. The highest BCUT2D eigenvalue weighted by Crippen LogP contribution is 2.06. The van der Waals surface area contributed by atoms with Crippen molar-refractivity contribution in [2.75, 3.05) is 27.2 Å². The molecule has 0 fully saturated rings. The lowest BCUT2D eigenvalue weighted by molar-refractivity contribution is 0.391. The molecule has 1 aromatic rings. The summed E-state index contributed by atoms with van der Waals surface area (Å²) in [4.78, 5) is 8.95. The van der Waals surface area contributed by atoms with E-state index in [0.717, 1.165) is 25.2 Å². The zero-order valence-electron chi connectivity index (χ0n) is 9.20. The van der Waals surface area contributed by atoms with Gasteiger partial charge in [0.05, 0.1) is 24.3 Å². The van der Waals surface area contributed by atoms with Gasteiger partial charge in [-0.05, 0) is 33.6 Å². The average Bonchev–Trinajstić information content (AvgIpc) is 2.70. The fourth-order valence-corrected chi connectivity index (χ4v) is 1.29. The molecule has 0 aliphatic heterocycles. The standard InChI is InChI=1S/C10H17N5/c1-15(2)5-3-4-13-9(6-11)10-7-12-8-14-10/h7-9,13H,3-5H2,1-2H3,(H,12,14). The van der Waals surface area contributed by atoms with Crippen LogP contribution in [0.5, 0.6) is 0 Å². The van der Waals surface area contributed by atoms with E-state index >= 15 is 0 Å². The monoisotopic (exact) mass is 207 g/mol. The summed E-state index contributed by atoms with van der Waals surface area (Å²) in [7, 11) is 4.08. The van der Waals surface area contributed by atoms with Crippen LogP contribution in [0.3, 0.4) is 0 Å². The third-order valence-corrected chi connectivity index (χ3v) is 2.09. The van der Waals surface area contributed by atoms with Gasteiger partial charge in [0, 0.05) is 0 Å². The van der Waals surface area contributed by atoms with Crippen LogP contribution in [0, 0.1) is 11.3 Å². The first kappa shape index (κ1) is 11.7. The Morgan fingerprint density at radius 3 is 3.00 bits per heavy atom. The summed E-state index contributed by atoms with van der Waals surface area (Å²) in [6.45, 7) is 1.85. The highest BCUT2D eigenvalue weighted by atomic mass is 15.1. The molecule has 15 heavy (non-hydrogen) atoms. The van der Waals surface area contributed by atoms with Crippen LogP contribution in [0.1, 0.15) is 18.2 Å². The molecule has 0 saturated heterocycles. The highest BCUT2D eigenvalue weighted by molar-refractivity contribution is 5.11. The van der Waals surface area contributed by atoms with Crippen molar-refractivity contribution in [3.63, 3.8) is 0 Å². The van der Waals surface area contributed by atoms with Crippen molar-refractivity contribution in [1.82, 2.24) is 20.2 Å². The van der Waals surface area contributed by atoms with Gasteiger partial charge in [-0.15, -0.1) is 0 Å². The van der Waals surface area contributed by atoms with E-state index in [2.05, 4.69) is 26.3 Å². The molecule has 2 N–H and O–H groups in total. The van der Waals surface area contributed by atoms with E-state index in [1.54, 1.807) is 12.5 Å². The summed E-state index contributed by atoms with van der Waals surface area (Å²) in [5, 5.41) is 12.1. The van der Waals surface area contributed by atoms with Crippen LogP contribution in [0.4, 0.5) is 0 Å². The summed E-state index contributed by atoms with van der Waals surface area (Å²) in [5.41, 5.74) is 0.822. The number of aromatic amines is 1. The lowest BCUT2D eigenvalue weighted by Gasteiger charge is -2.12. The molecule has 5 heteroatoms. The molecule has 0 amide bonds. The van der Waals surface area contributed by atoms with E-state index in [9.17, 15) is 0 Å². The molecule has 0 spiro atoms. The summed E-state index contributed by atoms with van der Waals surface area (Å²) in [6, 6.07) is 1.91. The minimum absolute atomic E-state index is 0.283. The Balaban J connectivity index is 2.27. The Labute approximate surface area is 90.1 Å². The molecule has 82 valence electrons. The van der Waals surface area contributed by atoms with E-state index in [0.29, 0.717) is 0 Å². The van der Waals surface area contributed by atoms with Gasteiger partial charge in [-0.1, -0.05) is 0 Å². The van der Waals surface area contributed by atoms with Gasteiger partial charge in [-0.25, -0.2) is 4.98 Å². The highest BCUT2D eigenvalue weighted by Gasteiger charge is 2.09. The van der Waals surface area contributed by atoms with Gasteiger partial charge in [0.1, 0.15) is 6.04 Å². The molecule has 0 aliphatic carbocycles. The summed E-state index contributed by atoms with van der Waals surface area (Å²) in [6.07, 6.45) is 4.29. The maximum atomic E-state index is 8.94. The van der Waals surface area contributed by atoms with E-state index in [1.165, 1.54) is 0 Å². The van der Waals surface area contributed by atoms with Crippen molar-refractivity contribution in [2.24, 2.45) is 0 Å². The number of nitrogens with zero attached hydrogens (tertiary/aromatic N) is 3. The van der Waals surface area contributed by atoms with Gasteiger partial charge in [0.15, 0.2) is 0 Å². The van der Waals surface area contributed by atoms with Crippen molar-refractivity contribution in [1.29, 1.82) is 5.26 Å². The van der Waals surface area contributed by atoms with Crippen molar-refractivity contribution < 1.29 is 0 Å². The molecule has 0 aliphatic rings. The quantitative estimate of drug-likeness (QED) is 0.667. The second kappa shape index (κ2) is 6.17. The van der Waals surface area contributed by atoms with E-state index in [-0.39, 0.29) is 6.04 Å². The molecule has 0 saturated carbocycles. The number of imidazole rings is 1. The molecule has 1 heterocycles. The van der Waals surface area contributed by atoms with Gasteiger partial charge in [0.2, 0.25) is 0 Å². The number of nitrogens with one attached hydrogen (secondary N) is 2.